The van der Waals surface area contributed by atoms with Gasteiger partial charge in [-0.25, -0.2) is 4.98 Å². The summed E-state index contributed by atoms with van der Waals surface area (Å²) in [5, 5.41) is 23.2. The van der Waals surface area contributed by atoms with Gasteiger partial charge in [-0.1, -0.05) is 13.0 Å². The van der Waals surface area contributed by atoms with E-state index in [-0.39, 0.29) is 29.2 Å². The molecule has 1 aromatic heterocycles. The van der Waals surface area contributed by atoms with Crippen molar-refractivity contribution < 1.29 is 19.6 Å². The first kappa shape index (κ1) is 19.8. The standard InChI is InChI=1S/C18H20N4O5/c1-3-13(11-17(23)24)21(16-6-4-5-9-20-16)18(25)12-7-8-14(19-2)15(10-12)22(26)27/h4-10,13,19H,3,11H2,1-2H3,(H,23,24). The number of anilines is 2. The molecule has 0 aliphatic heterocycles. The summed E-state index contributed by atoms with van der Waals surface area (Å²) in [6.07, 6.45) is 1.61. The van der Waals surface area contributed by atoms with Crippen molar-refractivity contribution in [2.24, 2.45) is 0 Å². The summed E-state index contributed by atoms with van der Waals surface area (Å²) in [4.78, 5) is 40.5. The van der Waals surface area contributed by atoms with E-state index < -0.39 is 22.8 Å². The molecular formula is C18H20N4O5. The predicted octanol–water partition coefficient (Wildman–Crippen LogP) is 2.93. The molecule has 2 N–H and O–H groups in total. The SMILES string of the molecule is CCC(CC(=O)O)N(C(=O)c1ccc(NC)c([N+](=O)[O-])c1)c1ccccn1. The summed E-state index contributed by atoms with van der Waals surface area (Å²) in [6.45, 7) is 1.77. The van der Waals surface area contributed by atoms with Crippen molar-refractivity contribution in [3.8, 4) is 0 Å². The van der Waals surface area contributed by atoms with E-state index in [1.807, 2.05) is 0 Å². The van der Waals surface area contributed by atoms with Crippen molar-refractivity contribution >= 4 is 29.1 Å². The number of nitrogens with one attached hydrogen (secondary N) is 1. The molecule has 2 aromatic rings. The highest BCUT2D eigenvalue weighted by atomic mass is 16.6. The Bertz CT molecular complexity index is 841. The van der Waals surface area contributed by atoms with E-state index in [4.69, 9.17) is 0 Å². The van der Waals surface area contributed by atoms with Gasteiger partial charge in [-0.05, 0) is 30.7 Å². The minimum Gasteiger partial charge on any atom is -0.481 e. The van der Waals surface area contributed by atoms with Crippen LogP contribution in [0.5, 0.6) is 0 Å². The molecule has 0 bridgehead atoms. The Labute approximate surface area is 155 Å². The lowest BCUT2D eigenvalue weighted by Gasteiger charge is -2.29. The number of hydrogen-bond acceptors (Lipinski definition) is 6. The Hall–Kier alpha value is -3.49. The van der Waals surface area contributed by atoms with E-state index in [0.29, 0.717) is 6.42 Å². The maximum absolute atomic E-state index is 13.2. The smallest absolute Gasteiger partial charge is 0.305 e. The zero-order chi connectivity index (χ0) is 20.0. The molecule has 9 heteroatoms. The third-order valence-electron chi connectivity index (χ3n) is 4.07. The number of rotatable bonds is 8. The van der Waals surface area contributed by atoms with Crippen LogP contribution < -0.4 is 10.2 Å². The number of pyridine rings is 1. The monoisotopic (exact) mass is 372 g/mol. The van der Waals surface area contributed by atoms with E-state index in [9.17, 15) is 24.8 Å². The lowest BCUT2D eigenvalue weighted by Crippen LogP contribution is -2.42. The average molecular weight is 372 g/mol. The Balaban J connectivity index is 2.52. The van der Waals surface area contributed by atoms with Gasteiger partial charge in [0.25, 0.3) is 11.6 Å². The number of nitro benzene ring substituents is 1. The number of carboxylic acids is 1. The molecule has 0 spiro atoms. The largest absolute Gasteiger partial charge is 0.481 e. The van der Waals surface area contributed by atoms with Gasteiger partial charge in [0.2, 0.25) is 0 Å². The highest BCUT2D eigenvalue weighted by Gasteiger charge is 2.29. The van der Waals surface area contributed by atoms with Crippen LogP contribution in [-0.4, -0.2) is 40.0 Å². The lowest BCUT2D eigenvalue weighted by molar-refractivity contribution is -0.384. The highest BCUT2D eigenvalue weighted by Crippen LogP contribution is 2.28. The minimum absolute atomic E-state index is 0.0789. The molecule has 0 aliphatic carbocycles. The number of carbonyl (C=O) groups excluding carboxylic acids is 1. The highest BCUT2D eigenvalue weighted by molar-refractivity contribution is 6.07. The second kappa shape index (κ2) is 8.75. The summed E-state index contributed by atoms with van der Waals surface area (Å²) in [6, 6.07) is 8.40. The molecule has 1 aromatic carbocycles. The average Bonchev–Trinajstić information content (AvgIpc) is 2.67. The first-order chi connectivity index (χ1) is 12.9. The molecule has 1 atom stereocenters. The van der Waals surface area contributed by atoms with Crippen LogP contribution in [0.25, 0.3) is 0 Å². The first-order valence-electron chi connectivity index (χ1n) is 8.31. The number of amides is 1. The maximum Gasteiger partial charge on any atom is 0.305 e. The zero-order valence-electron chi connectivity index (χ0n) is 15.0. The number of nitro groups is 1. The Morgan fingerprint density at radius 2 is 2.07 bits per heavy atom. The van der Waals surface area contributed by atoms with Gasteiger partial charge in [0.15, 0.2) is 0 Å². The molecular weight excluding hydrogens is 352 g/mol. The van der Waals surface area contributed by atoms with Crippen molar-refractivity contribution in [2.75, 3.05) is 17.3 Å². The Morgan fingerprint density at radius 1 is 1.33 bits per heavy atom. The van der Waals surface area contributed by atoms with Crippen molar-refractivity contribution in [2.45, 2.75) is 25.8 Å². The van der Waals surface area contributed by atoms with E-state index in [1.165, 1.54) is 29.3 Å². The number of carbonyl (C=O) groups is 2. The maximum atomic E-state index is 13.2. The van der Waals surface area contributed by atoms with E-state index in [0.717, 1.165) is 0 Å². The molecule has 9 nitrogen and oxygen atoms in total. The number of carboxylic acid groups (broad SMARTS) is 1. The van der Waals surface area contributed by atoms with Crippen LogP contribution in [-0.2, 0) is 4.79 Å². The number of aromatic nitrogens is 1. The number of nitrogens with zero attached hydrogens (tertiary/aromatic N) is 3. The van der Waals surface area contributed by atoms with Gasteiger partial charge in [-0.3, -0.25) is 24.6 Å². The summed E-state index contributed by atoms with van der Waals surface area (Å²) >= 11 is 0. The van der Waals surface area contributed by atoms with Gasteiger partial charge in [0.05, 0.1) is 11.3 Å². The molecule has 0 aliphatic rings. The van der Waals surface area contributed by atoms with Crippen LogP contribution in [0.2, 0.25) is 0 Å². The molecule has 1 heterocycles. The molecule has 0 radical (unpaired) electrons. The van der Waals surface area contributed by atoms with E-state index >= 15 is 0 Å². The first-order valence-corrected chi connectivity index (χ1v) is 8.31. The number of aliphatic carboxylic acids is 1. The van der Waals surface area contributed by atoms with Crippen LogP contribution in [0.1, 0.15) is 30.1 Å². The minimum atomic E-state index is -1.05. The van der Waals surface area contributed by atoms with Gasteiger partial charge in [-0.2, -0.15) is 0 Å². The second-order valence-corrected chi connectivity index (χ2v) is 5.76. The molecule has 142 valence electrons. The van der Waals surface area contributed by atoms with Crippen molar-refractivity contribution in [3.05, 3.63) is 58.3 Å². The quantitative estimate of drug-likeness (QED) is 0.539. The summed E-state index contributed by atoms with van der Waals surface area (Å²) in [7, 11) is 1.55. The van der Waals surface area contributed by atoms with Crippen LogP contribution in [0.3, 0.4) is 0 Å². The van der Waals surface area contributed by atoms with Gasteiger partial charge < -0.3 is 10.4 Å². The molecule has 0 fully saturated rings. The van der Waals surface area contributed by atoms with Crippen molar-refractivity contribution in [1.29, 1.82) is 0 Å². The van der Waals surface area contributed by atoms with Crippen LogP contribution in [0.15, 0.2) is 42.6 Å². The van der Waals surface area contributed by atoms with Crippen LogP contribution in [0, 0.1) is 10.1 Å². The van der Waals surface area contributed by atoms with Gasteiger partial charge in [-0.15, -0.1) is 0 Å². The van der Waals surface area contributed by atoms with Crippen LogP contribution in [0.4, 0.5) is 17.2 Å². The lowest BCUT2D eigenvalue weighted by atomic mass is 10.1. The Morgan fingerprint density at radius 3 is 2.59 bits per heavy atom. The van der Waals surface area contributed by atoms with Gasteiger partial charge >= 0.3 is 5.97 Å². The van der Waals surface area contributed by atoms with Gasteiger partial charge in [0.1, 0.15) is 11.5 Å². The molecule has 0 saturated heterocycles. The van der Waals surface area contributed by atoms with E-state index in [2.05, 4.69) is 10.3 Å². The number of benzene rings is 1. The molecule has 0 saturated carbocycles. The predicted molar refractivity (Wildman–Crippen MR) is 100 cm³/mol. The Kier molecular flexibility index (Phi) is 6.42. The normalized spacial score (nSPS) is 11.5. The molecule has 1 amide bonds. The zero-order valence-corrected chi connectivity index (χ0v) is 15.0. The fourth-order valence-electron chi connectivity index (χ4n) is 2.74. The fourth-order valence-corrected chi connectivity index (χ4v) is 2.74. The van der Waals surface area contributed by atoms with Gasteiger partial charge in [0, 0.05) is 30.9 Å². The topological polar surface area (TPSA) is 126 Å². The summed E-state index contributed by atoms with van der Waals surface area (Å²) in [5.74, 6) is -1.31. The molecule has 27 heavy (non-hydrogen) atoms. The third-order valence-corrected chi connectivity index (χ3v) is 4.07. The molecule has 2 rings (SSSR count). The van der Waals surface area contributed by atoms with Crippen molar-refractivity contribution in [1.82, 2.24) is 4.98 Å². The molecule has 1 unspecified atom stereocenters. The third kappa shape index (κ3) is 4.57. The summed E-state index contributed by atoms with van der Waals surface area (Å²) < 4.78 is 0. The summed E-state index contributed by atoms with van der Waals surface area (Å²) in [5.41, 5.74) is 0.115. The number of hydrogen-bond donors (Lipinski definition) is 2. The van der Waals surface area contributed by atoms with Crippen molar-refractivity contribution in [3.63, 3.8) is 0 Å². The fraction of sp³-hybridized carbons (Fsp3) is 0.278. The second-order valence-electron chi connectivity index (χ2n) is 5.76. The van der Waals surface area contributed by atoms with E-state index in [1.54, 1.807) is 32.2 Å². The van der Waals surface area contributed by atoms with Crippen LogP contribution >= 0.6 is 0 Å².